The fourth-order valence-electron chi connectivity index (χ4n) is 1.52. The number of halogens is 1. The highest BCUT2D eigenvalue weighted by molar-refractivity contribution is 6.30. The Morgan fingerprint density at radius 3 is 2.67 bits per heavy atom. The average Bonchev–Trinajstić information content (AvgIpc) is 2.99. The van der Waals surface area contributed by atoms with Crippen molar-refractivity contribution < 1.29 is 9.21 Å². The fraction of sp³-hybridized carbons (Fsp3) is 0. The standard InChI is InChI=1S/C16H11ClN2O2/c17-13-6-8-14(9-7-13)19-16(20)12(11-18)3-1-4-15-5-2-10-21-15/h1-10H,(H,19,20). The van der Waals surface area contributed by atoms with Crippen LogP contribution in [0.3, 0.4) is 0 Å². The second kappa shape index (κ2) is 7.13. The quantitative estimate of drug-likeness (QED) is 0.526. The van der Waals surface area contributed by atoms with Gasteiger partial charge in [-0.25, -0.2) is 0 Å². The van der Waals surface area contributed by atoms with Gasteiger partial charge in [0.2, 0.25) is 0 Å². The van der Waals surface area contributed by atoms with Crippen LogP contribution < -0.4 is 5.32 Å². The van der Waals surface area contributed by atoms with Crippen molar-refractivity contribution >= 4 is 29.3 Å². The van der Waals surface area contributed by atoms with E-state index in [-0.39, 0.29) is 5.57 Å². The molecule has 4 nitrogen and oxygen atoms in total. The second-order valence-electron chi connectivity index (χ2n) is 4.03. The van der Waals surface area contributed by atoms with E-state index < -0.39 is 5.91 Å². The van der Waals surface area contributed by atoms with Gasteiger partial charge in [0, 0.05) is 10.7 Å². The number of benzene rings is 1. The number of hydrogen-bond donors (Lipinski definition) is 1. The maximum atomic E-state index is 11.9. The largest absolute Gasteiger partial charge is 0.465 e. The molecule has 2 rings (SSSR count). The van der Waals surface area contributed by atoms with Gasteiger partial charge in [-0.1, -0.05) is 17.7 Å². The summed E-state index contributed by atoms with van der Waals surface area (Å²) >= 11 is 5.76. The third kappa shape index (κ3) is 4.37. The van der Waals surface area contributed by atoms with Gasteiger partial charge in [0.15, 0.2) is 0 Å². The number of hydrogen-bond acceptors (Lipinski definition) is 3. The Morgan fingerprint density at radius 2 is 2.05 bits per heavy atom. The number of amides is 1. The highest BCUT2D eigenvalue weighted by atomic mass is 35.5. The lowest BCUT2D eigenvalue weighted by atomic mass is 10.2. The number of nitrogens with one attached hydrogen (secondary N) is 1. The smallest absolute Gasteiger partial charge is 0.266 e. The molecule has 0 fully saturated rings. The second-order valence-corrected chi connectivity index (χ2v) is 4.46. The van der Waals surface area contributed by atoms with Crippen LogP contribution in [0.1, 0.15) is 5.76 Å². The molecule has 21 heavy (non-hydrogen) atoms. The minimum Gasteiger partial charge on any atom is -0.465 e. The summed E-state index contributed by atoms with van der Waals surface area (Å²) < 4.78 is 5.10. The zero-order valence-corrected chi connectivity index (χ0v) is 11.7. The molecule has 0 bridgehead atoms. The van der Waals surface area contributed by atoms with Gasteiger partial charge in [-0.15, -0.1) is 0 Å². The lowest BCUT2D eigenvalue weighted by Crippen LogP contribution is -2.13. The van der Waals surface area contributed by atoms with E-state index in [1.807, 2.05) is 6.07 Å². The summed E-state index contributed by atoms with van der Waals surface area (Å²) in [5.74, 6) is 0.158. The van der Waals surface area contributed by atoms with Gasteiger partial charge in [-0.2, -0.15) is 5.26 Å². The van der Waals surface area contributed by atoms with Crippen LogP contribution in [-0.4, -0.2) is 5.91 Å². The van der Waals surface area contributed by atoms with Gasteiger partial charge in [0.25, 0.3) is 5.91 Å². The molecule has 0 radical (unpaired) electrons. The molecule has 1 aromatic heterocycles. The Morgan fingerprint density at radius 1 is 1.29 bits per heavy atom. The van der Waals surface area contributed by atoms with Crippen molar-refractivity contribution in [1.29, 1.82) is 5.26 Å². The molecule has 0 saturated carbocycles. The van der Waals surface area contributed by atoms with E-state index in [9.17, 15) is 4.79 Å². The predicted octanol–water partition coefficient (Wildman–Crippen LogP) is 4.03. The van der Waals surface area contributed by atoms with E-state index >= 15 is 0 Å². The average molecular weight is 299 g/mol. The summed E-state index contributed by atoms with van der Waals surface area (Å²) in [5, 5.41) is 12.2. The van der Waals surface area contributed by atoms with Crippen LogP contribution in [0.2, 0.25) is 5.02 Å². The van der Waals surface area contributed by atoms with Gasteiger partial charge in [-0.3, -0.25) is 4.79 Å². The van der Waals surface area contributed by atoms with E-state index in [2.05, 4.69) is 5.32 Å². The van der Waals surface area contributed by atoms with E-state index in [1.165, 1.54) is 6.08 Å². The maximum absolute atomic E-state index is 11.9. The summed E-state index contributed by atoms with van der Waals surface area (Å²) in [6.07, 6.45) is 6.21. The Bertz CT molecular complexity index is 708. The number of rotatable bonds is 4. The summed E-state index contributed by atoms with van der Waals surface area (Å²) in [7, 11) is 0. The number of furan rings is 1. The molecule has 104 valence electrons. The lowest BCUT2D eigenvalue weighted by Gasteiger charge is -2.03. The van der Waals surface area contributed by atoms with Crippen LogP contribution in [-0.2, 0) is 4.79 Å². The molecule has 5 heteroatoms. The number of carbonyl (C=O) groups is 1. The van der Waals surface area contributed by atoms with Crippen molar-refractivity contribution in [2.24, 2.45) is 0 Å². The molecule has 0 spiro atoms. The molecule has 0 aliphatic heterocycles. The summed E-state index contributed by atoms with van der Waals surface area (Å²) in [6.45, 7) is 0. The topological polar surface area (TPSA) is 66.0 Å². The first kappa shape index (κ1) is 14.6. The normalized spacial score (nSPS) is 11.3. The van der Waals surface area contributed by atoms with Gasteiger partial charge < -0.3 is 9.73 Å². The SMILES string of the molecule is N#CC(=CC=Cc1ccco1)C(=O)Nc1ccc(Cl)cc1. The predicted molar refractivity (Wildman–Crippen MR) is 81.5 cm³/mol. The molecule has 0 atom stereocenters. The molecular weight excluding hydrogens is 288 g/mol. The van der Waals surface area contributed by atoms with Gasteiger partial charge in [0.1, 0.15) is 17.4 Å². The molecule has 1 heterocycles. The van der Waals surface area contributed by atoms with Crippen molar-refractivity contribution in [3.8, 4) is 6.07 Å². The third-order valence-electron chi connectivity index (χ3n) is 2.53. The van der Waals surface area contributed by atoms with E-state index in [0.29, 0.717) is 16.5 Å². The molecule has 0 saturated heterocycles. The summed E-state index contributed by atoms with van der Waals surface area (Å²) in [4.78, 5) is 11.9. The molecule has 1 N–H and O–H groups in total. The zero-order chi connectivity index (χ0) is 15.1. The summed E-state index contributed by atoms with van der Waals surface area (Å²) in [6, 6.07) is 12.0. The monoisotopic (exact) mass is 298 g/mol. The number of anilines is 1. The lowest BCUT2D eigenvalue weighted by molar-refractivity contribution is -0.112. The van der Waals surface area contributed by atoms with Gasteiger partial charge in [-0.05, 0) is 48.6 Å². The first-order valence-electron chi connectivity index (χ1n) is 6.08. The first-order valence-corrected chi connectivity index (χ1v) is 6.46. The molecule has 0 unspecified atom stereocenters. The highest BCUT2D eigenvalue weighted by Gasteiger charge is 2.07. The number of nitriles is 1. The summed E-state index contributed by atoms with van der Waals surface area (Å²) in [5.41, 5.74) is 0.563. The molecule has 0 aliphatic rings. The third-order valence-corrected chi connectivity index (χ3v) is 2.79. The van der Waals surface area contributed by atoms with Crippen LogP contribution in [0, 0.1) is 11.3 Å². The van der Waals surface area contributed by atoms with Crippen LogP contribution in [0.25, 0.3) is 6.08 Å². The first-order chi connectivity index (χ1) is 10.2. The number of allylic oxidation sites excluding steroid dienone is 2. The van der Waals surface area contributed by atoms with Crippen molar-refractivity contribution in [2.75, 3.05) is 5.32 Å². The van der Waals surface area contributed by atoms with Crippen LogP contribution in [0.15, 0.2) is 64.8 Å². The molecular formula is C16H11ClN2O2. The van der Waals surface area contributed by atoms with Gasteiger partial charge >= 0.3 is 0 Å². The minimum absolute atomic E-state index is 0.00671. The highest BCUT2D eigenvalue weighted by Crippen LogP contribution is 2.14. The maximum Gasteiger partial charge on any atom is 0.266 e. The number of nitrogens with zero attached hydrogens (tertiary/aromatic N) is 1. The number of carbonyl (C=O) groups excluding carboxylic acids is 1. The molecule has 2 aromatic rings. The Kier molecular flexibility index (Phi) is 4.97. The fourth-order valence-corrected chi connectivity index (χ4v) is 1.65. The van der Waals surface area contributed by atoms with Crippen LogP contribution >= 0.6 is 11.6 Å². The van der Waals surface area contributed by atoms with E-state index in [1.54, 1.807) is 54.8 Å². The molecule has 1 amide bonds. The van der Waals surface area contributed by atoms with Crippen molar-refractivity contribution in [2.45, 2.75) is 0 Å². The minimum atomic E-state index is -0.482. The molecule has 1 aromatic carbocycles. The van der Waals surface area contributed by atoms with Crippen molar-refractivity contribution in [3.63, 3.8) is 0 Å². The van der Waals surface area contributed by atoms with E-state index in [0.717, 1.165) is 0 Å². The Hall–Kier alpha value is -2.77. The van der Waals surface area contributed by atoms with Crippen molar-refractivity contribution in [1.82, 2.24) is 0 Å². The Balaban J connectivity index is 2.04. The van der Waals surface area contributed by atoms with Gasteiger partial charge in [0.05, 0.1) is 6.26 Å². The molecule has 0 aliphatic carbocycles. The Labute approximate surface area is 127 Å². The van der Waals surface area contributed by atoms with Crippen molar-refractivity contribution in [3.05, 3.63) is 71.2 Å². The van der Waals surface area contributed by atoms with E-state index in [4.69, 9.17) is 21.3 Å². The van der Waals surface area contributed by atoms with Crippen LogP contribution in [0.4, 0.5) is 5.69 Å². The zero-order valence-electron chi connectivity index (χ0n) is 10.9. The van der Waals surface area contributed by atoms with Crippen LogP contribution in [0.5, 0.6) is 0 Å².